The molecule has 0 saturated carbocycles. The van der Waals surface area contributed by atoms with E-state index in [0.29, 0.717) is 16.3 Å². The Morgan fingerprint density at radius 3 is 2.55 bits per heavy atom. The molecule has 3 rings (SSSR count). The van der Waals surface area contributed by atoms with Gasteiger partial charge in [0.1, 0.15) is 0 Å². The minimum absolute atomic E-state index is 0.0304. The lowest BCUT2D eigenvalue weighted by Crippen LogP contribution is -2.31. The number of pyridine rings is 1. The molecule has 0 unspecified atom stereocenters. The van der Waals surface area contributed by atoms with Crippen molar-refractivity contribution in [2.75, 3.05) is 16.2 Å². The van der Waals surface area contributed by atoms with E-state index in [4.69, 9.17) is 23.2 Å². The van der Waals surface area contributed by atoms with Crippen LogP contribution >= 0.6 is 23.2 Å². The monoisotopic (exact) mass is 475 g/mol. The molecule has 160 valence electrons. The third kappa shape index (κ3) is 4.90. The molecule has 0 spiro atoms. The minimum atomic E-state index is -3.94. The predicted octanol–water partition coefficient (Wildman–Crippen LogP) is 5.33. The lowest BCUT2D eigenvalue weighted by atomic mass is 10.2. The maximum Gasteiger partial charge on any atom is 0.264 e. The van der Waals surface area contributed by atoms with E-state index in [-0.39, 0.29) is 27.8 Å². The van der Waals surface area contributed by atoms with Gasteiger partial charge in [0.2, 0.25) is 0 Å². The average molecular weight is 476 g/mol. The van der Waals surface area contributed by atoms with Crippen molar-refractivity contribution in [3.05, 3.63) is 94.6 Å². The van der Waals surface area contributed by atoms with Gasteiger partial charge in [0.05, 0.1) is 27.2 Å². The van der Waals surface area contributed by atoms with Crippen LogP contribution in [0.2, 0.25) is 10.0 Å². The normalized spacial score (nSPS) is 11.1. The highest BCUT2D eigenvalue weighted by Gasteiger charge is 2.25. The Balaban J connectivity index is 1.94. The molecule has 1 amide bonds. The Bertz CT molecular complexity index is 1230. The van der Waals surface area contributed by atoms with Crippen molar-refractivity contribution >= 4 is 50.6 Å². The van der Waals surface area contributed by atoms with Crippen molar-refractivity contribution in [2.24, 2.45) is 0 Å². The lowest BCUT2D eigenvalue weighted by Gasteiger charge is -2.23. The van der Waals surface area contributed by atoms with E-state index in [9.17, 15) is 13.2 Å². The number of carbonyl (C=O) groups is 1. The number of carbonyl (C=O) groups excluding carboxylic acids is 1. The Labute approximate surface area is 191 Å². The molecule has 0 bridgehead atoms. The van der Waals surface area contributed by atoms with E-state index >= 15 is 0 Å². The first kappa shape index (κ1) is 22.8. The largest absolute Gasteiger partial charge is 0.305 e. The molecule has 1 N–H and O–H groups in total. The van der Waals surface area contributed by atoms with E-state index in [1.54, 1.807) is 37.3 Å². The summed E-state index contributed by atoms with van der Waals surface area (Å²) in [5.41, 5.74) is 1.20. The zero-order valence-corrected chi connectivity index (χ0v) is 18.9. The summed E-state index contributed by atoms with van der Waals surface area (Å²) in [5.74, 6) is -0.414. The molecule has 0 saturated heterocycles. The molecule has 9 heteroatoms. The van der Waals surface area contributed by atoms with Gasteiger partial charge >= 0.3 is 0 Å². The van der Waals surface area contributed by atoms with Gasteiger partial charge in [-0.25, -0.2) is 13.4 Å². The van der Waals surface area contributed by atoms with Gasteiger partial charge in [-0.15, -0.1) is 6.58 Å². The van der Waals surface area contributed by atoms with Gasteiger partial charge in [0.25, 0.3) is 15.9 Å². The molecule has 6 nitrogen and oxygen atoms in total. The maximum absolute atomic E-state index is 13.3. The topological polar surface area (TPSA) is 79.4 Å². The highest BCUT2D eigenvalue weighted by Crippen LogP contribution is 2.29. The summed E-state index contributed by atoms with van der Waals surface area (Å²) in [6.45, 7) is 5.43. The van der Waals surface area contributed by atoms with Crippen molar-refractivity contribution in [3.8, 4) is 0 Å². The lowest BCUT2D eigenvalue weighted by molar-refractivity contribution is 0.102. The van der Waals surface area contributed by atoms with Crippen LogP contribution < -0.4 is 9.62 Å². The molecule has 0 atom stereocenters. The van der Waals surface area contributed by atoms with Crippen molar-refractivity contribution in [1.29, 1.82) is 0 Å². The van der Waals surface area contributed by atoms with E-state index < -0.39 is 15.9 Å². The van der Waals surface area contributed by atoms with Crippen LogP contribution in [-0.4, -0.2) is 25.9 Å². The van der Waals surface area contributed by atoms with E-state index in [1.807, 2.05) is 0 Å². The van der Waals surface area contributed by atoms with Crippen LogP contribution in [0.1, 0.15) is 15.9 Å². The van der Waals surface area contributed by atoms with Gasteiger partial charge in [0.15, 0.2) is 5.82 Å². The first-order chi connectivity index (χ1) is 14.8. The number of hydrogen-bond acceptors (Lipinski definition) is 4. The second-order valence-corrected chi connectivity index (χ2v) is 9.18. The summed E-state index contributed by atoms with van der Waals surface area (Å²) in [7, 11) is -3.94. The highest BCUT2D eigenvalue weighted by atomic mass is 35.5. The van der Waals surface area contributed by atoms with Crippen molar-refractivity contribution in [1.82, 2.24) is 4.98 Å². The van der Waals surface area contributed by atoms with Gasteiger partial charge in [-0.05, 0) is 42.8 Å². The third-order valence-corrected chi connectivity index (χ3v) is 7.09. The van der Waals surface area contributed by atoms with Crippen LogP contribution in [0.3, 0.4) is 0 Å². The van der Waals surface area contributed by atoms with Crippen LogP contribution in [0.15, 0.2) is 78.3 Å². The van der Waals surface area contributed by atoms with Crippen LogP contribution in [0.25, 0.3) is 0 Å². The Morgan fingerprint density at radius 1 is 1.16 bits per heavy atom. The number of rotatable bonds is 7. The van der Waals surface area contributed by atoms with Crippen LogP contribution in [-0.2, 0) is 10.0 Å². The van der Waals surface area contributed by atoms with Gasteiger partial charge in [-0.2, -0.15) is 0 Å². The summed E-state index contributed by atoms with van der Waals surface area (Å²) in [6, 6.07) is 14.4. The standard InChI is InChI=1S/C22H19Cl2N3O3S/c1-3-12-27(17-9-5-4-6-10-17)31(29,30)18-11-7-8-16(13-18)22(28)26-21-20(24)15(2)19(23)14-25-21/h3-11,13-14H,1,12H2,2H3,(H,25,26,28). The van der Waals surface area contributed by atoms with Gasteiger partial charge in [-0.3, -0.25) is 9.10 Å². The molecule has 1 heterocycles. The van der Waals surface area contributed by atoms with Crippen molar-refractivity contribution in [2.45, 2.75) is 11.8 Å². The zero-order valence-electron chi connectivity index (χ0n) is 16.5. The zero-order chi connectivity index (χ0) is 22.6. The number of anilines is 2. The van der Waals surface area contributed by atoms with Crippen LogP contribution in [0.4, 0.5) is 11.5 Å². The van der Waals surface area contributed by atoms with Crippen molar-refractivity contribution < 1.29 is 13.2 Å². The molecule has 1 aromatic heterocycles. The minimum Gasteiger partial charge on any atom is -0.305 e. The Morgan fingerprint density at radius 2 is 1.87 bits per heavy atom. The van der Waals surface area contributed by atoms with Gasteiger partial charge in [0, 0.05) is 11.8 Å². The van der Waals surface area contributed by atoms with Gasteiger partial charge in [-0.1, -0.05) is 53.5 Å². The molecular formula is C22H19Cl2N3O3S. The molecule has 0 aliphatic rings. The number of nitrogens with zero attached hydrogens (tertiary/aromatic N) is 2. The number of aromatic nitrogens is 1. The maximum atomic E-state index is 13.3. The highest BCUT2D eigenvalue weighted by molar-refractivity contribution is 7.92. The second kappa shape index (κ2) is 9.51. The predicted molar refractivity (Wildman–Crippen MR) is 125 cm³/mol. The second-order valence-electron chi connectivity index (χ2n) is 6.54. The average Bonchev–Trinajstić information content (AvgIpc) is 2.78. The molecule has 0 aliphatic heterocycles. The Kier molecular flexibility index (Phi) is 7.00. The first-order valence-corrected chi connectivity index (χ1v) is 11.4. The summed E-state index contributed by atoms with van der Waals surface area (Å²) in [6.07, 6.45) is 2.88. The Hall–Kier alpha value is -2.87. The fourth-order valence-electron chi connectivity index (χ4n) is 2.80. The molecule has 0 radical (unpaired) electrons. The molecule has 0 fully saturated rings. The smallest absolute Gasteiger partial charge is 0.264 e. The summed E-state index contributed by atoms with van der Waals surface area (Å²) < 4.78 is 27.8. The third-order valence-electron chi connectivity index (χ3n) is 4.46. The van der Waals surface area contributed by atoms with E-state index in [2.05, 4.69) is 16.9 Å². The number of para-hydroxylation sites is 1. The summed E-state index contributed by atoms with van der Waals surface area (Å²) in [4.78, 5) is 16.7. The fourth-order valence-corrected chi connectivity index (χ4v) is 4.67. The van der Waals surface area contributed by atoms with E-state index in [1.165, 1.54) is 40.8 Å². The quantitative estimate of drug-likeness (QED) is 0.468. The number of sulfonamides is 1. The first-order valence-electron chi connectivity index (χ1n) is 9.16. The fraction of sp³-hybridized carbons (Fsp3) is 0.0909. The summed E-state index contributed by atoms with van der Waals surface area (Å²) in [5, 5.41) is 3.18. The van der Waals surface area contributed by atoms with Crippen LogP contribution in [0.5, 0.6) is 0 Å². The number of amides is 1. The van der Waals surface area contributed by atoms with Crippen LogP contribution in [0, 0.1) is 6.92 Å². The SMILES string of the molecule is C=CCN(c1ccccc1)S(=O)(=O)c1cccc(C(=O)Nc2ncc(Cl)c(C)c2Cl)c1. The molecular weight excluding hydrogens is 457 g/mol. The number of benzene rings is 2. The number of nitrogens with one attached hydrogen (secondary N) is 1. The molecule has 0 aliphatic carbocycles. The van der Waals surface area contributed by atoms with Gasteiger partial charge < -0.3 is 5.32 Å². The number of halogens is 2. The van der Waals surface area contributed by atoms with E-state index in [0.717, 1.165) is 0 Å². The van der Waals surface area contributed by atoms with Crippen molar-refractivity contribution in [3.63, 3.8) is 0 Å². The molecule has 2 aromatic carbocycles. The number of hydrogen-bond donors (Lipinski definition) is 1. The summed E-state index contributed by atoms with van der Waals surface area (Å²) >= 11 is 12.2. The molecule has 3 aromatic rings. The molecule has 31 heavy (non-hydrogen) atoms.